The molecule has 0 N–H and O–H groups in total. The van der Waals surface area contributed by atoms with Crippen LogP contribution in [0.15, 0.2) is 77.7 Å². The number of piperidine rings is 1. The van der Waals surface area contributed by atoms with Gasteiger partial charge in [-0.3, -0.25) is 9.59 Å². The average molecular weight is 656 g/mol. The van der Waals surface area contributed by atoms with Gasteiger partial charge < -0.3 is 24.2 Å². The molecule has 8 nitrogen and oxygen atoms in total. The lowest BCUT2D eigenvalue weighted by Gasteiger charge is -2.41. The number of rotatable bonds is 9. The van der Waals surface area contributed by atoms with Gasteiger partial charge in [0.15, 0.2) is 0 Å². The lowest BCUT2D eigenvalue weighted by Crippen LogP contribution is -2.51. The molecular formula is C38H45N3O5S. The molecule has 0 spiro atoms. The molecule has 3 aromatic rings. The Labute approximate surface area is 282 Å². The molecule has 0 bridgehead atoms. The number of amides is 3. The highest BCUT2D eigenvalue weighted by atomic mass is 32.2. The normalized spacial score (nSPS) is 19.7. The van der Waals surface area contributed by atoms with Crippen molar-refractivity contribution in [1.29, 1.82) is 0 Å². The molecule has 3 aromatic carbocycles. The van der Waals surface area contributed by atoms with Crippen molar-refractivity contribution in [3.05, 3.63) is 78.4 Å². The molecule has 2 heterocycles. The molecule has 0 aromatic heterocycles. The van der Waals surface area contributed by atoms with Crippen LogP contribution in [0.2, 0.25) is 0 Å². The summed E-state index contributed by atoms with van der Waals surface area (Å²) in [4.78, 5) is 47.8. The summed E-state index contributed by atoms with van der Waals surface area (Å²) >= 11 is 1.54. The summed E-state index contributed by atoms with van der Waals surface area (Å²) < 4.78 is 11.0. The molecule has 1 saturated heterocycles. The minimum Gasteiger partial charge on any atom is -0.444 e. The van der Waals surface area contributed by atoms with Gasteiger partial charge in [-0.15, -0.1) is 11.8 Å². The summed E-state index contributed by atoms with van der Waals surface area (Å²) in [5.74, 6) is -0.0638. The second-order valence-electron chi connectivity index (χ2n) is 13.7. The first-order valence-electron chi connectivity index (χ1n) is 16.7. The maximum absolute atomic E-state index is 14.9. The van der Waals surface area contributed by atoms with E-state index in [9.17, 15) is 14.4 Å². The van der Waals surface area contributed by atoms with Crippen LogP contribution in [0.3, 0.4) is 0 Å². The smallest absolute Gasteiger partial charge is 0.410 e. The van der Waals surface area contributed by atoms with Crippen molar-refractivity contribution >= 4 is 41.0 Å². The number of nitrogens with zero attached hydrogens (tertiary/aromatic N) is 3. The van der Waals surface area contributed by atoms with Gasteiger partial charge in [-0.1, -0.05) is 54.6 Å². The maximum Gasteiger partial charge on any atom is 0.410 e. The van der Waals surface area contributed by atoms with Crippen LogP contribution < -0.4 is 9.80 Å². The fourth-order valence-corrected chi connectivity index (χ4v) is 7.57. The number of benzene rings is 3. The van der Waals surface area contributed by atoms with E-state index in [1.54, 1.807) is 23.8 Å². The van der Waals surface area contributed by atoms with Crippen LogP contribution in [0, 0.1) is 5.92 Å². The SMILES string of the molecule is COCCCN1C(=O)CSc2ccc(N(C(=O)[C@H]3CN(C(=O)OC(C)(C)C)CC[C@@H]3c3cccc(-c4ccccc4)c3)C3CC3)cc21. The Morgan fingerprint density at radius 2 is 1.72 bits per heavy atom. The number of carbonyl (C=O) groups excluding carboxylic acids is 3. The molecule has 2 aliphatic heterocycles. The molecule has 2 fully saturated rings. The van der Waals surface area contributed by atoms with Crippen LogP contribution >= 0.6 is 11.8 Å². The minimum absolute atomic E-state index is 0.0107. The van der Waals surface area contributed by atoms with Gasteiger partial charge in [-0.2, -0.15) is 0 Å². The van der Waals surface area contributed by atoms with Crippen LogP contribution in [0.1, 0.15) is 57.9 Å². The number of thioether (sulfide) groups is 1. The van der Waals surface area contributed by atoms with Gasteiger partial charge in [-0.25, -0.2) is 4.79 Å². The van der Waals surface area contributed by atoms with E-state index in [1.165, 1.54) is 0 Å². The lowest BCUT2D eigenvalue weighted by molar-refractivity contribution is -0.124. The van der Waals surface area contributed by atoms with Crippen LogP contribution in [0.25, 0.3) is 11.1 Å². The molecule has 6 rings (SSSR count). The van der Waals surface area contributed by atoms with Gasteiger partial charge in [-0.05, 0) is 87.3 Å². The van der Waals surface area contributed by atoms with Crippen LogP contribution in [-0.2, 0) is 19.1 Å². The highest BCUT2D eigenvalue weighted by molar-refractivity contribution is 8.00. The molecule has 3 amide bonds. The first kappa shape index (κ1) is 33.1. The molecule has 0 radical (unpaired) electrons. The Bertz CT molecular complexity index is 1600. The van der Waals surface area contributed by atoms with Gasteiger partial charge in [0.1, 0.15) is 5.60 Å². The maximum atomic E-state index is 14.9. The topological polar surface area (TPSA) is 79.4 Å². The van der Waals surface area contributed by atoms with E-state index >= 15 is 0 Å². The molecule has 0 unspecified atom stereocenters. The molecular weight excluding hydrogens is 611 g/mol. The van der Waals surface area contributed by atoms with Crippen molar-refractivity contribution in [2.24, 2.45) is 5.92 Å². The molecule has 2 atom stereocenters. The fraction of sp³-hybridized carbons (Fsp3) is 0.447. The highest BCUT2D eigenvalue weighted by Crippen LogP contribution is 2.43. The van der Waals surface area contributed by atoms with Gasteiger partial charge in [0.25, 0.3) is 0 Å². The van der Waals surface area contributed by atoms with Crippen molar-refractivity contribution in [3.63, 3.8) is 0 Å². The zero-order chi connectivity index (χ0) is 33.1. The van der Waals surface area contributed by atoms with Crippen molar-refractivity contribution in [1.82, 2.24) is 4.90 Å². The number of hydrogen-bond donors (Lipinski definition) is 0. The standard InChI is InChI=1S/C38H45N3O5S/c1-38(2,3)46-37(44)39-20-18-31(28-13-8-12-27(22-28)26-10-6-5-7-11-26)32(24-39)36(43)41(29-14-15-29)30-16-17-34-33(23-30)40(19-9-21-45-4)35(42)25-47-34/h5-8,10-13,16-17,22-23,29,31-32H,9,14-15,18-21,24-25H2,1-4H3/t31-,32+/m1/s1. The minimum atomic E-state index is -0.634. The Morgan fingerprint density at radius 1 is 0.957 bits per heavy atom. The van der Waals surface area contributed by atoms with Crippen LogP contribution in [0.5, 0.6) is 0 Å². The van der Waals surface area contributed by atoms with E-state index in [1.807, 2.05) is 67.0 Å². The predicted molar refractivity (Wildman–Crippen MR) is 187 cm³/mol. The highest BCUT2D eigenvalue weighted by Gasteiger charge is 2.44. The molecule has 1 aliphatic carbocycles. The fourth-order valence-electron chi connectivity index (χ4n) is 6.65. The number of likely N-dealkylation sites (tertiary alicyclic amines) is 1. The van der Waals surface area contributed by atoms with Crippen molar-refractivity contribution in [3.8, 4) is 11.1 Å². The first-order chi connectivity index (χ1) is 22.6. The number of ether oxygens (including phenoxy) is 2. The monoisotopic (exact) mass is 655 g/mol. The van der Waals surface area contributed by atoms with E-state index < -0.39 is 11.5 Å². The second kappa shape index (κ2) is 14.1. The summed E-state index contributed by atoms with van der Waals surface area (Å²) in [6.45, 7) is 7.51. The Kier molecular flexibility index (Phi) is 9.94. The average Bonchev–Trinajstić information content (AvgIpc) is 3.90. The molecule has 47 heavy (non-hydrogen) atoms. The third-order valence-electron chi connectivity index (χ3n) is 9.05. The Balaban J connectivity index is 1.35. The number of methoxy groups -OCH3 is 1. The third-order valence-corrected chi connectivity index (χ3v) is 10.1. The van der Waals surface area contributed by atoms with E-state index in [2.05, 4.69) is 36.4 Å². The largest absolute Gasteiger partial charge is 0.444 e. The van der Waals surface area contributed by atoms with Crippen LogP contribution in [-0.4, -0.2) is 73.6 Å². The number of anilines is 2. The van der Waals surface area contributed by atoms with Crippen molar-refractivity contribution in [2.45, 2.75) is 68.9 Å². The lowest BCUT2D eigenvalue weighted by atomic mass is 9.79. The number of hydrogen-bond acceptors (Lipinski definition) is 6. The third kappa shape index (κ3) is 7.68. The van der Waals surface area contributed by atoms with E-state index in [4.69, 9.17) is 9.47 Å². The summed E-state index contributed by atoms with van der Waals surface area (Å²) in [5, 5.41) is 0. The summed E-state index contributed by atoms with van der Waals surface area (Å²) in [6.07, 6.45) is 2.83. The zero-order valence-electron chi connectivity index (χ0n) is 27.8. The predicted octanol–water partition coefficient (Wildman–Crippen LogP) is 7.37. The summed E-state index contributed by atoms with van der Waals surface area (Å²) in [7, 11) is 1.67. The second-order valence-corrected chi connectivity index (χ2v) is 14.7. The Morgan fingerprint density at radius 3 is 2.45 bits per heavy atom. The first-order valence-corrected chi connectivity index (χ1v) is 17.6. The molecule has 1 saturated carbocycles. The van der Waals surface area contributed by atoms with Crippen molar-refractivity contribution < 1.29 is 23.9 Å². The number of fused-ring (bicyclic) bond motifs is 1. The number of carbonyl (C=O) groups is 3. The van der Waals surface area contributed by atoms with Gasteiger partial charge in [0, 0.05) is 50.0 Å². The van der Waals surface area contributed by atoms with Gasteiger partial charge >= 0.3 is 6.09 Å². The van der Waals surface area contributed by atoms with E-state index in [0.717, 1.165) is 52.2 Å². The van der Waals surface area contributed by atoms with Crippen LogP contribution in [0.4, 0.5) is 16.2 Å². The summed E-state index contributed by atoms with van der Waals surface area (Å²) in [6, 6.07) is 24.9. The van der Waals surface area contributed by atoms with Gasteiger partial charge in [0.2, 0.25) is 11.8 Å². The van der Waals surface area contributed by atoms with E-state index in [-0.39, 0.29) is 36.4 Å². The zero-order valence-corrected chi connectivity index (χ0v) is 28.6. The molecule has 3 aliphatic rings. The Hall–Kier alpha value is -3.82. The molecule has 248 valence electrons. The van der Waals surface area contributed by atoms with E-state index in [0.29, 0.717) is 31.9 Å². The quantitative estimate of drug-likeness (QED) is 0.224. The van der Waals surface area contributed by atoms with Gasteiger partial charge in [0.05, 0.1) is 17.4 Å². The van der Waals surface area contributed by atoms with Crippen molar-refractivity contribution in [2.75, 3.05) is 48.9 Å². The molecule has 9 heteroatoms. The summed E-state index contributed by atoms with van der Waals surface area (Å²) in [5.41, 5.74) is 4.35.